The van der Waals surface area contributed by atoms with Crippen LogP contribution in [-0.4, -0.2) is 9.55 Å². The molecule has 3 rings (SSSR count). The first kappa shape index (κ1) is 19.1. The lowest BCUT2D eigenvalue weighted by Gasteiger charge is -2.19. The predicted octanol–water partition coefficient (Wildman–Crippen LogP) is 6.74. The zero-order chi connectivity index (χ0) is 18.7. The Bertz CT molecular complexity index is 865. The Hall–Kier alpha value is -1.63. The van der Waals surface area contributed by atoms with Gasteiger partial charge < -0.3 is 4.57 Å². The number of aromatic nitrogens is 2. The minimum Gasteiger partial charge on any atom is -0.336 e. The van der Waals surface area contributed by atoms with E-state index in [1.54, 1.807) is 24.7 Å². The summed E-state index contributed by atoms with van der Waals surface area (Å²) in [6.45, 7) is 0.552. The van der Waals surface area contributed by atoms with E-state index < -0.39 is 11.7 Å². The Balaban J connectivity index is 1.88. The number of halogens is 5. The van der Waals surface area contributed by atoms with Crippen LogP contribution in [0.2, 0.25) is 10.0 Å². The van der Waals surface area contributed by atoms with E-state index in [0.29, 0.717) is 16.6 Å². The van der Waals surface area contributed by atoms with Gasteiger partial charge in [-0.1, -0.05) is 35.3 Å². The van der Waals surface area contributed by atoms with Gasteiger partial charge in [-0.3, -0.25) is 0 Å². The van der Waals surface area contributed by atoms with Gasteiger partial charge in [0.1, 0.15) is 0 Å². The molecule has 3 aromatic rings. The Morgan fingerprint density at radius 2 is 1.77 bits per heavy atom. The van der Waals surface area contributed by atoms with E-state index in [-0.39, 0.29) is 5.25 Å². The summed E-state index contributed by atoms with van der Waals surface area (Å²) in [5.74, 6) is 0. The van der Waals surface area contributed by atoms with Crippen LogP contribution >= 0.6 is 35.0 Å². The second kappa shape index (κ2) is 7.94. The molecule has 1 aromatic heterocycles. The summed E-state index contributed by atoms with van der Waals surface area (Å²) in [4.78, 5) is 4.89. The number of hydrogen-bond acceptors (Lipinski definition) is 2. The Morgan fingerprint density at radius 3 is 2.35 bits per heavy atom. The predicted molar refractivity (Wildman–Crippen MR) is 98.7 cm³/mol. The van der Waals surface area contributed by atoms with Gasteiger partial charge in [-0.05, 0) is 35.9 Å². The van der Waals surface area contributed by atoms with Crippen LogP contribution in [0.5, 0.6) is 0 Å². The number of alkyl halides is 3. The van der Waals surface area contributed by atoms with E-state index >= 15 is 0 Å². The molecule has 0 aliphatic rings. The molecule has 1 atom stereocenters. The molecule has 0 radical (unpaired) electrons. The molecule has 1 heterocycles. The fourth-order valence-electron chi connectivity index (χ4n) is 2.40. The van der Waals surface area contributed by atoms with Crippen LogP contribution in [0.4, 0.5) is 13.2 Å². The lowest BCUT2D eigenvalue weighted by Crippen LogP contribution is -2.07. The summed E-state index contributed by atoms with van der Waals surface area (Å²) < 4.78 is 40.3. The van der Waals surface area contributed by atoms with E-state index in [2.05, 4.69) is 4.98 Å². The molecule has 0 amide bonds. The molecule has 0 N–H and O–H groups in total. The lowest BCUT2D eigenvalue weighted by atomic mass is 10.1. The Morgan fingerprint density at radius 1 is 1.04 bits per heavy atom. The third-order valence-corrected chi connectivity index (χ3v) is 5.69. The number of nitrogens with zero attached hydrogens (tertiary/aromatic N) is 2. The Kier molecular flexibility index (Phi) is 5.85. The fraction of sp³-hybridized carbons (Fsp3) is 0.167. The number of thioether (sulfide) groups is 1. The van der Waals surface area contributed by atoms with Gasteiger partial charge in [0.2, 0.25) is 0 Å². The van der Waals surface area contributed by atoms with E-state index in [0.717, 1.165) is 22.6 Å². The van der Waals surface area contributed by atoms with Crippen LogP contribution < -0.4 is 0 Å². The third-order valence-electron chi connectivity index (χ3n) is 3.72. The highest BCUT2D eigenvalue weighted by Gasteiger charge is 2.30. The van der Waals surface area contributed by atoms with Crippen molar-refractivity contribution in [3.8, 4) is 0 Å². The first-order valence-electron chi connectivity index (χ1n) is 7.57. The largest absolute Gasteiger partial charge is 0.416 e. The van der Waals surface area contributed by atoms with Crippen molar-refractivity contribution in [2.45, 2.75) is 22.9 Å². The van der Waals surface area contributed by atoms with Crippen molar-refractivity contribution in [1.82, 2.24) is 9.55 Å². The van der Waals surface area contributed by atoms with Gasteiger partial charge in [0.25, 0.3) is 0 Å². The maximum atomic E-state index is 12.8. The molecule has 2 aromatic carbocycles. The van der Waals surface area contributed by atoms with Crippen LogP contribution in [0, 0.1) is 0 Å². The second-order valence-electron chi connectivity index (χ2n) is 5.56. The second-order valence-corrected chi connectivity index (χ2v) is 7.65. The summed E-state index contributed by atoms with van der Waals surface area (Å²) in [5.41, 5.74) is 0.116. The number of benzene rings is 2. The normalized spacial score (nSPS) is 13.0. The molecule has 0 fully saturated rings. The number of hydrogen-bond donors (Lipinski definition) is 0. The summed E-state index contributed by atoms with van der Waals surface area (Å²) in [5, 5.41) is 0.769. The summed E-state index contributed by atoms with van der Waals surface area (Å²) in [6, 6.07) is 10.5. The monoisotopic (exact) mass is 416 g/mol. The van der Waals surface area contributed by atoms with Crippen LogP contribution in [-0.2, 0) is 12.7 Å². The smallest absolute Gasteiger partial charge is 0.336 e. The van der Waals surface area contributed by atoms with Crippen molar-refractivity contribution in [2.75, 3.05) is 0 Å². The molecule has 0 spiro atoms. The topological polar surface area (TPSA) is 17.8 Å². The highest BCUT2D eigenvalue weighted by molar-refractivity contribution is 7.99. The van der Waals surface area contributed by atoms with Crippen LogP contribution in [0.15, 0.2) is 66.1 Å². The molecule has 0 aliphatic carbocycles. The Labute approximate surface area is 163 Å². The van der Waals surface area contributed by atoms with Crippen molar-refractivity contribution >= 4 is 35.0 Å². The van der Waals surface area contributed by atoms with Crippen molar-refractivity contribution in [2.24, 2.45) is 0 Å². The molecular weight excluding hydrogens is 404 g/mol. The van der Waals surface area contributed by atoms with Gasteiger partial charge in [-0.2, -0.15) is 13.2 Å². The summed E-state index contributed by atoms with van der Waals surface area (Å²) in [7, 11) is 0. The van der Waals surface area contributed by atoms with Crippen molar-refractivity contribution in [1.29, 1.82) is 0 Å². The first-order valence-corrected chi connectivity index (χ1v) is 9.21. The highest BCUT2D eigenvalue weighted by Crippen LogP contribution is 2.39. The van der Waals surface area contributed by atoms with Crippen molar-refractivity contribution in [3.05, 3.63) is 82.4 Å². The number of imidazole rings is 1. The fourth-order valence-corrected chi connectivity index (χ4v) is 3.96. The van der Waals surface area contributed by atoms with Gasteiger partial charge in [-0.15, -0.1) is 11.8 Å². The van der Waals surface area contributed by atoms with Gasteiger partial charge >= 0.3 is 6.18 Å². The van der Waals surface area contributed by atoms with Gasteiger partial charge in [-0.25, -0.2) is 4.98 Å². The average molecular weight is 417 g/mol. The molecule has 0 saturated heterocycles. The van der Waals surface area contributed by atoms with Gasteiger partial charge in [0.15, 0.2) is 0 Å². The van der Waals surface area contributed by atoms with E-state index in [1.165, 1.54) is 23.9 Å². The zero-order valence-corrected chi connectivity index (χ0v) is 15.6. The number of rotatable bonds is 5. The third kappa shape index (κ3) is 4.75. The molecule has 2 nitrogen and oxygen atoms in total. The SMILES string of the molecule is FC(F)(F)c1ccc(C(Cn2ccnc2)Sc2ccc(Cl)c(Cl)c2)cc1. The average Bonchev–Trinajstić information content (AvgIpc) is 3.10. The van der Waals surface area contributed by atoms with Gasteiger partial charge in [0.05, 0.1) is 27.2 Å². The molecule has 136 valence electrons. The molecule has 0 saturated carbocycles. The first-order chi connectivity index (χ1) is 12.3. The minimum absolute atomic E-state index is 0.122. The van der Waals surface area contributed by atoms with Crippen LogP contribution in [0.25, 0.3) is 0 Å². The maximum Gasteiger partial charge on any atom is 0.416 e. The van der Waals surface area contributed by atoms with E-state index in [4.69, 9.17) is 23.2 Å². The van der Waals surface area contributed by atoms with Crippen molar-refractivity contribution in [3.63, 3.8) is 0 Å². The van der Waals surface area contributed by atoms with E-state index in [1.807, 2.05) is 16.8 Å². The van der Waals surface area contributed by atoms with Crippen LogP contribution in [0.3, 0.4) is 0 Å². The summed E-state index contributed by atoms with van der Waals surface area (Å²) in [6.07, 6.45) is 0.793. The van der Waals surface area contributed by atoms with Crippen molar-refractivity contribution < 1.29 is 13.2 Å². The molecule has 1 unspecified atom stereocenters. The summed E-state index contributed by atoms with van der Waals surface area (Å²) >= 11 is 13.5. The quantitative estimate of drug-likeness (QED) is 0.428. The minimum atomic E-state index is -4.35. The highest BCUT2D eigenvalue weighted by atomic mass is 35.5. The van der Waals surface area contributed by atoms with E-state index in [9.17, 15) is 13.2 Å². The standard InChI is InChI=1S/C18H13Cl2F3N2S/c19-15-6-5-14(9-16(15)20)26-17(10-25-8-7-24-11-25)12-1-3-13(4-2-12)18(21,22)23/h1-9,11,17H,10H2. The molecular formula is C18H13Cl2F3N2S. The zero-order valence-electron chi connectivity index (χ0n) is 13.3. The van der Waals surface area contributed by atoms with Crippen LogP contribution in [0.1, 0.15) is 16.4 Å². The van der Waals surface area contributed by atoms with Gasteiger partial charge in [0, 0.05) is 23.8 Å². The molecule has 0 bridgehead atoms. The molecule has 0 aliphatic heterocycles. The molecule has 8 heteroatoms. The molecule has 26 heavy (non-hydrogen) atoms. The lowest BCUT2D eigenvalue weighted by molar-refractivity contribution is -0.137. The maximum absolute atomic E-state index is 12.8.